The molecule has 2 rings (SSSR count). The van der Waals surface area contributed by atoms with Crippen LogP contribution >= 0.6 is 0 Å². The van der Waals surface area contributed by atoms with Crippen LogP contribution in [-0.2, 0) is 12.1 Å². The minimum absolute atomic E-state index is 0.0614. The van der Waals surface area contributed by atoms with Crippen molar-refractivity contribution in [3.8, 4) is 5.75 Å². The second kappa shape index (κ2) is 6.06. The van der Waals surface area contributed by atoms with Crippen LogP contribution in [0, 0.1) is 6.92 Å². The van der Waals surface area contributed by atoms with Gasteiger partial charge in [-0.2, -0.15) is 0 Å². The van der Waals surface area contributed by atoms with E-state index in [2.05, 4.69) is 0 Å². The number of alkyl halides is 1. The van der Waals surface area contributed by atoms with Crippen LogP contribution in [-0.4, -0.2) is 13.7 Å². The van der Waals surface area contributed by atoms with Gasteiger partial charge in [0.15, 0.2) is 5.67 Å². The molecule has 0 aromatic heterocycles. The van der Waals surface area contributed by atoms with Crippen LogP contribution in [0.4, 0.5) is 4.39 Å². The number of hydrogen-bond acceptors (Lipinski definition) is 2. The van der Waals surface area contributed by atoms with Crippen molar-refractivity contribution in [2.75, 3.05) is 13.7 Å². The topological polar surface area (TPSA) is 35.2 Å². The number of benzene rings is 2. The molecule has 0 aliphatic heterocycles. The van der Waals surface area contributed by atoms with E-state index in [4.69, 9.17) is 10.5 Å². The molecule has 2 nitrogen and oxygen atoms in total. The van der Waals surface area contributed by atoms with Crippen LogP contribution in [0.15, 0.2) is 48.5 Å². The highest BCUT2D eigenvalue weighted by molar-refractivity contribution is 5.39. The Labute approximate surface area is 119 Å². The lowest BCUT2D eigenvalue weighted by atomic mass is 9.88. The van der Waals surface area contributed by atoms with Crippen LogP contribution in [0.25, 0.3) is 0 Å². The van der Waals surface area contributed by atoms with Crippen molar-refractivity contribution in [1.82, 2.24) is 0 Å². The van der Waals surface area contributed by atoms with E-state index in [0.29, 0.717) is 11.3 Å². The molecule has 106 valence electrons. The average molecular weight is 273 g/mol. The Balaban J connectivity index is 2.38. The Hall–Kier alpha value is -1.87. The van der Waals surface area contributed by atoms with Crippen molar-refractivity contribution in [2.45, 2.75) is 19.0 Å². The first-order valence-corrected chi connectivity index (χ1v) is 6.67. The highest BCUT2D eigenvalue weighted by Gasteiger charge is 2.31. The van der Waals surface area contributed by atoms with Crippen LogP contribution in [0.2, 0.25) is 0 Å². The lowest BCUT2D eigenvalue weighted by Gasteiger charge is -2.25. The zero-order valence-electron chi connectivity index (χ0n) is 11.9. The maximum absolute atomic E-state index is 15.2. The summed E-state index contributed by atoms with van der Waals surface area (Å²) >= 11 is 0. The van der Waals surface area contributed by atoms with Gasteiger partial charge >= 0.3 is 0 Å². The van der Waals surface area contributed by atoms with Gasteiger partial charge in [0.2, 0.25) is 0 Å². The van der Waals surface area contributed by atoms with E-state index in [1.165, 1.54) is 0 Å². The molecule has 20 heavy (non-hydrogen) atoms. The smallest absolute Gasteiger partial charge is 0.152 e. The summed E-state index contributed by atoms with van der Waals surface area (Å²) in [7, 11) is 1.60. The first-order chi connectivity index (χ1) is 9.59. The Morgan fingerprint density at radius 3 is 2.45 bits per heavy atom. The second-order valence-electron chi connectivity index (χ2n) is 5.03. The number of nitrogens with two attached hydrogens (primary N) is 1. The molecule has 0 heterocycles. The third kappa shape index (κ3) is 2.99. The number of rotatable bonds is 5. The van der Waals surface area contributed by atoms with E-state index < -0.39 is 5.67 Å². The summed E-state index contributed by atoms with van der Waals surface area (Å²) in [5, 5.41) is 0. The molecule has 2 aromatic carbocycles. The van der Waals surface area contributed by atoms with Gasteiger partial charge in [0.25, 0.3) is 0 Å². The van der Waals surface area contributed by atoms with E-state index in [9.17, 15) is 0 Å². The summed E-state index contributed by atoms with van der Waals surface area (Å²) in [4.78, 5) is 0. The molecule has 0 fully saturated rings. The van der Waals surface area contributed by atoms with E-state index in [1.807, 2.05) is 43.3 Å². The van der Waals surface area contributed by atoms with Crippen molar-refractivity contribution in [2.24, 2.45) is 5.73 Å². The highest BCUT2D eigenvalue weighted by atomic mass is 19.1. The molecular weight excluding hydrogens is 253 g/mol. The molecule has 0 saturated carbocycles. The van der Waals surface area contributed by atoms with Gasteiger partial charge in [-0.15, -0.1) is 0 Å². The standard InChI is InChI=1S/C17H20FNO/c1-13-8-9-16(20-2)14(10-13)11-17(18,12-19)15-6-4-3-5-7-15/h3-10H,11-12,19H2,1-2H3. The maximum Gasteiger partial charge on any atom is 0.152 e. The van der Waals surface area contributed by atoms with Crippen molar-refractivity contribution in [1.29, 1.82) is 0 Å². The highest BCUT2D eigenvalue weighted by Crippen LogP contribution is 2.33. The van der Waals surface area contributed by atoms with Crippen LogP contribution in [0.5, 0.6) is 5.75 Å². The quantitative estimate of drug-likeness (QED) is 0.906. The predicted molar refractivity (Wildman–Crippen MR) is 79.7 cm³/mol. The van der Waals surface area contributed by atoms with E-state index in [0.717, 1.165) is 11.1 Å². The number of halogens is 1. The van der Waals surface area contributed by atoms with Crippen molar-refractivity contribution >= 4 is 0 Å². The molecule has 2 aromatic rings. The zero-order chi connectivity index (χ0) is 14.6. The summed E-state index contributed by atoms with van der Waals surface area (Å²) in [5.41, 5.74) is 6.64. The number of aryl methyl sites for hydroxylation is 1. The van der Waals surface area contributed by atoms with Crippen molar-refractivity contribution in [3.05, 3.63) is 65.2 Å². The molecule has 3 heteroatoms. The maximum atomic E-state index is 15.2. The fourth-order valence-electron chi connectivity index (χ4n) is 2.38. The molecule has 0 saturated heterocycles. The summed E-state index contributed by atoms with van der Waals surface area (Å²) < 4.78 is 20.5. The number of ether oxygens (including phenoxy) is 1. The third-order valence-corrected chi connectivity index (χ3v) is 3.52. The lowest BCUT2D eigenvalue weighted by Crippen LogP contribution is -2.32. The van der Waals surface area contributed by atoms with Crippen LogP contribution < -0.4 is 10.5 Å². The molecular formula is C17H20FNO. The van der Waals surface area contributed by atoms with Gasteiger partial charge in [0.05, 0.1) is 7.11 Å². The van der Waals surface area contributed by atoms with E-state index in [-0.39, 0.29) is 13.0 Å². The number of hydrogen-bond donors (Lipinski definition) is 1. The molecule has 0 amide bonds. The largest absolute Gasteiger partial charge is 0.496 e. The van der Waals surface area contributed by atoms with Crippen molar-refractivity contribution in [3.63, 3.8) is 0 Å². The van der Waals surface area contributed by atoms with Gasteiger partial charge in [-0.3, -0.25) is 0 Å². The lowest BCUT2D eigenvalue weighted by molar-refractivity contribution is 0.173. The minimum atomic E-state index is -1.58. The first kappa shape index (κ1) is 14.5. The molecule has 0 aliphatic carbocycles. The molecule has 0 spiro atoms. The Morgan fingerprint density at radius 2 is 1.85 bits per heavy atom. The van der Waals surface area contributed by atoms with E-state index in [1.54, 1.807) is 19.2 Å². The average Bonchev–Trinajstić information content (AvgIpc) is 2.48. The predicted octanol–water partition coefficient (Wildman–Crippen LogP) is 3.37. The monoisotopic (exact) mass is 273 g/mol. The summed E-state index contributed by atoms with van der Waals surface area (Å²) in [5.74, 6) is 0.696. The zero-order valence-corrected chi connectivity index (χ0v) is 11.9. The fourth-order valence-corrected chi connectivity index (χ4v) is 2.38. The molecule has 0 radical (unpaired) electrons. The van der Waals surface area contributed by atoms with Gasteiger partial charge < -0.3 is 10.5 Å². The number of methoxy groups -OCH3 is 1. The summed E-state index contributed by atoms with van der Waals surface area (Å²) in [6.07, 6.45) is 0.207. The molecule has 1 unspecified atom stereocenters. The van der Waals surface area contributed by atoms with Gasteiger partial charge in [0.1, 0.15) is 5.75 Å². The van der Waals surface area contributed by atoms with Gasteiger partial charge in [-0.25, -0.2) is 4.39 Å². The van der Waals surface area contributed by atoms with E-state index >= 15 is 4.39 Å². The van der Waals surface area contributed by atoms with Crippen LogP contribution in [0.3, 0.4) is 0 Å². The Kier molecular flexibility index (Phi) is 4.40. The fraction of sp³-hybridized carbons (Fsp3) is 0.294. The molecule has 2 N–H and O–H groups in total. The Bertz CT molecular complexity index is 570. The SMILES string of the molecule is COc1ccc(C)cc1CC(F)(CN)c1ccccc1. The normalized spacial score (nSPS) is 13.8. The molecule has 0 bridgehead atoms. The third-order valence-electron chi connectivity index (χ3n) is 3.52. The summed E-state index contributed by atoms with van der Waals surface area (Å²) in [6.45, 7) is 1.92. The summed E-state index contributed by atoms with van der Waals surface area (Å²) in [6, 6.07) is 14.8. The van der Waals surface area contributed by atoms with Crippen LogP contribution in [0.1, 0.15) is 16.7 Å². The first-order valence-electron chi connectivity index (χ1n) is 6.67. The second-order valence-corrected chi connectivity index (χ2v) is 5.03. The Morgan fingerprint density at radius 1 is 1.15 bits per heavy atom. The van der Waals surface area contributed by atoms with Gasteiger partial charge in [-0.1, -0.05) is 48.0 Å². The van der Waals surface area contributed by atoms with Crippen molar-refractivity contribution < 1.29 is 9.13 Å². The minimum Gasteiger partial charge on any atom is -0.496 e. The molecule has 0 aliphatic rings. The van der Waals surface area contributed by atoms with Gasteiger partial charge in [-0.05, 0) is 24.1 Å². The van der Waals surface area contributed by atoms with Gasteiger partial charge in [0, 0.05) is 13.0 Å². The molecule has 1 atom stereocenters.